The minimum atomic E-state index is -0.773. The maximum atomic E-state index is 13.0. The van der Waals surface area contributed by atoms with Gasteiger partial charge in [-0.05, 0) is 57.8 Å². The van der Waals surface area contributed by atoms with Gasteiger partial charge < -0.3 is 14.2 Å². The van der Waals surface area contributed by atoms with Gasteiger partial charge in [-0.1, -0.05) is 365 Å². The highest BCUT2D eigenvalue weighted by Crippen LogP contribution is 2.19. The van der Waals surface area contributed by atoms with E-state index in [9.17, 15) is 14.4 Å². The summed E-state index contributed by atoms with van der Waals surface area (Å²) in [6.07, 6.45) is 88.5. The van der Waals surface area contributed by atoms with E-state index < -0.39 is 6.10 Å². The SMILES string of the molecule is CC/C=C\C/C=C\C/C=C\C/C=C\CCCCCCCCCCCCC(=O)OCC(COC(=O)CCCCCCCCCCCCCCCCCCCCCC)OC(=O)CCCCCCCCCCCCCCCCCCCCCC. The van der Waals surface area contributed by atoms with Crippen LogP contribution in [0, 0.1) is 0 Å². The van der Waals surface area contributed by atoms with E-state index in [1.807, 2.05) is 0 Å². The Morgan fingerprint density at radius 2 is 0.481 bits per heavy atom. The monoisotopic (exact) mass is 1140 g/mol. The molecule has 0 N–H and O–H groups in total. The molecule has 0 saturated heterocycles. The molecule has 0 fully saturated rings. The van der Waals surface area contributed by atoms with Gasteiger partial charge in [0, 0.05) is 19.3 Å². The van der Waals surface area contributed by atoms with Crippen molar-refractivity contribution in [1.29, 1.82) is 0 Å². The zero-order chi connectivity index (χ0) is 58.5. The summed E-state index contributed by atoms with van der Waals surface area (Å²) in [5.74, 6) is -0.840. The Hall–Kier alpha value is -2.63. The van der Waals surface area contributed by atoms with Crippen LogP contribution in [0.5, 0.6) is 0 Å². The molecule has 0 saturated carbocycles. The van der Waals surface area contributed by atoms with Crippen LogP contribution in [0.15, 0.2) is 48.6 Å². The second-order valence-corrected chi connectivity index (χ2v) is 24.5. The van der Waals surface area contributed by atoms with Crippen molar-refractivity contribution < 1.29 is 28.6 Å². The smallest absolute Gasteiger partial charge is 0.306 e. The van der Waals surface area contributed by atoms with E-state index in [2.05, 4.69) is 69.4 Å². The Bertz CT molecular complexity index is 1400. The number of ether oxygens (including phenoxy) is 3. The molecular weight excluding hydrogens is 997 g/mol. The number of carbonyl (C=O) groups is 3. The van der Waals surface area contributed by atoms with Gasteiger partial charge >= 0.3 is 17.9 Å². The van der Waals surface area contributed by atoms with E-state index in [1.54, 1.807) is 0 Å². The number of esters is 3. The summed E-state index contributed by atoms with van der Waals surface area (Å²) in [5.41, 5.74) is 0. The van der Waals surface area contributed by atoms with Crippen LogP contribution in [0.2, 0.25) is 0 Å². The molecule has 6 nitrogen and oxygen atoms in total. The zero-order valence-electron chi connectivity index (χ0n) is 54.6. The predicted octanol–water partition coefficient (Wildman–Crippen LogP) is 24.9. The van der Waals surface area contributed by atoms with Crippen LogP contribution < -0.4 is 0 Å². The molecule has 6 heteroatoms. The van der Waals surface area contributed by atoms with Gasteiger partial charge in [-0.25, -0.2) is 0 Å². The summed E-state index contributed by atoms with van der Waals surface area (Å²) in [5, 5.41) is 0. The van der Waals surface area contributed by atoms with Crippen LogP contribution >= 0.6 is 0 Å². The lowest BCUT2D eigenvalue weighted by atomic mass is 10.0. The van der Waals surface area contributed by atoms with Gasteiger partial charge in [-0.2, -0.15) is 0 Å². The molecule has 0 aliphatic heterocycles. The van der Waals surface area contributed by atoms with Crippen LogP contribution in [-0.4, -0.2) is 37.2 Å². The van der Waals surface area contributed by atoms with Crippen molar-refractivity contribution in [2.45, 2.75) is 399 Å². The summed E-state index contributed by atoms with van der Waals surface area (Å²) < 4.78 is 17.0. The van der Waals surface area contributed by atoms with Crippen molar-refractivity contribution in [1.82, 2.24) is 0 Å². The minimum absolute atomic E-state index is 0.0679. The molecule has 0 radical (unpaired) electrons. The molecule has 0 heterocycles. The summed E-state index contributed by atoms with van der Waals surface area (Å²) >= 11 is 0. The van der Waals surface area contributed by atoms with E-state index in [-0.39, 0.29) is 31.1 Å². The first kappa shape index (κ1) is 78.4. The molecule has 0 aliphatic carbocycles. The average molecular weight is 1140 g/mol. The molecule has 81 heavy (non-hydrogen) atoms. The summed E-state index contributed by atoms with van der Waals surface area (Å²) in [6, 6.07) is 0. The number of hydrogen-bond donors (Lipinski definition) is 0. The molecule has 474 valence electrons. The highest BCUT2D eigenvalue weighted by molar-refractivity contribution is 5.71. The van der Waals surface area contributed by atoms with Gasteiger partial charge in [-0.3, -0.25) is 14.4 Å². The maximum absolute atomic E-state index is 13.0. The van der Waals surface area contributed by atoms with Crippen LogP contribution in [0.4, 0.5) is 0 Å². The molecule has 0 bridgehead atoms. The maximum Gasteiger partial charge on any atom is 0.306 e. The van der Waals surface area contributed by atoms with E-state index >= 15 is 0 Å². The first-order valence-electron chi connectivity index (χ1n) is 36.1. The number of hydrogen-bond acceptors (Lipinski definition) is 6. The average Bonchev–Trinajstić information content (AvgIpc) is 3.47. The van der Waals surface area contributed by atoms with E-state index in [1.165, 1.54) is 270 Å². The molecule has 0 aromatic carbocycles. The molecule has 0 aliphatic rings. The number of rotatable bonds is 67. The largest absolute Gasteiger partial charge is 0.462 e. The van der Waals surface area contributed by atoms with Crippen molar-refractivity contribution in [3.63, 3.8) is 0 Å². The highest BCUT2D eigenvalue weighted by Gasteiger charge is 2.19. The third-order valence-corrected chi connectivity index (χ3v) is 16.3. The molecule has 0 aromatic rings. The summed E-state index contributed by atoms with van der Waals surface area (Å²) in [7, 11) is 0. The Balaban J connectivity index is 4.32. The molecule has 0 aromatic heterocycles. The van der Waals surface area contributed by atoms with Crippen molar-refractivity contribution in [3.8, 4) is 0 Å². The number of carbonyl (C=O) groups excluding carboxylic acids is 3. The molecule has 1 atom stereocenters. The molecule has 1 unspecified atom stereocenters. The standard InChI is InChI=1S/C75H138O6/c1-4-7-10-13-16-19-22-25-28-31-34-37-38-39-42-44-47-50-53-56-59-62-65-68-74(77)80-71-72(81-75(78)69-66-63-60-57-54-51-48-45-41-36-33-30-27-24-21-18-15-12-9-6-3)70-79-73(76)67-64-61-58-55-52-49-46-43-40-35-32-29-26-23-20-17-14-11-8-5-2/h7,10,16,19,25,28,34,37,72H,4-6,8-9,11-15,17-18,20-24,26-27,29-33,35-36,38-71H2,1-3H3/b10-7-,19-16-,28-25-,37-34-. The fourth-order valence-corrected chi connectivity index (χ4v) is 11.0. The van der Waals surface area contributed by atoms with Gasteiger partial charge in [0.2, 0.25) is 0 Å². The Morgan fingerprint density at radius 1 is 0.259 bits per heavy atom. The second kappa shape index (κ2) is 69.9. The molecule has 0 rings (SSSR count). The molecular formula is C75H138O6. The lowest BCUT2D eigenvalue weighted by Gasteiger charge is -2.18. The van der Waals surface area contributed by atoms with Crippen molar-refractivity contribution >= 4 is 17.9 Å². The van der Waals surface area contributed by atoms with Crippen LogP contribution in [0.3, 0.4) is 0 Å². The number of allylic oxidation sites excluding steroid dienone is 8. The fraction of sp³-hybridized carbons (Fsp3) is 0.853. The Morgan fingerprint density at radius 3 is 0.753 bits per heavy atom. The lowest BCUT2D eigenvalue weighted by molar-refractivity contribution is -0.167. The zero-order valence-corrected chi connectivity index (χ0v) is 54.6. The summed E-state index contributed by atoms with van der Waals surface area (Å²) in [6.45, 7) is 6.61. The highest BCUT2D eigenvalue weighted by atomic mass is 16.6. The Kier molecular flexibility index (Phi) is 67.6. The third kappa shape index (κ3) is 68.0. The van der Waals surface area contributed by atoms with Gasteiger partial charge in [-0.15, -0.1) is 0 Å². The van der Waals surface area contributed by atoms with Crippen LogP contribution in [0.25, 0.3) is 0 Å². The topological polar surface area (TPSA) is 78.9 Å². The molecule has 0 spiro atoms. The van der Waals surface area contributed by atoms with Crippen molar-refractivity contribution in [2.75, 3.05) is 13.2 Å². The van der Waals surface area contributed by atoms with Crippen molar-refractivity contribution in [3.05, 3.63) is 48.6 Å². The second-order valence-electron chi connectivity index (χ2n) is 24.5. The first-order valence-corrected chi connectivity index (χ1v) is 36.1. The molecule has 0 amide bonds. The van der Waals surface area contributed by atoms with Gasteiger partial charge in [0.25, 0.3) is 0 Å². The fourth-order valence-electron chi connectivity index (χ4n) is 11.0. The van der Waals surface area contributed by atoms with E-state index in [4.69, 9.17) is 14.2 Å². The normalized spacial score (nSPS) is 12.3. The van der Waals surface area contributed by atoms with Crippen LogP contribution in [0.1, 0.15) is 393 Å². The van der Waals surface area contributed by atoms with Crippen molar-refractivity contribution in [2.24, 2.45) is 0 Å². The quantitative estimate of drug-likeness (QED) is 0.0261. The predicted molar refractivity (Wildman–Crippen MR) is 353 cm³/mol. The van der Waals surface area contributed by atoms with Gasteiger partial charge in [0.1, 0.15) is 13.2 Å². The lowest BCUT2D eigenvalue weighted by Crippen LogP contribution is -2.30. The van der Waals surface area contributed by atoms with Gasteiger partial charge in [0.05, 0.1) is 0 Å². The van der Waals surface area contributed by atoms with Gasteiger partial charge in [0.15, 0.2) is 6.10 Å². The van der Waals surface area contributed by atoms with E-state index in [0.717, 1.165) is 83.5 Å². The minimum Gasteiger partial charge on any atom is -0.462 e. The first-order chi connectivity index (χ1) is 40.0. The third-order valence-electron chi connectivity index (χ3n) is 16.3. The van der Waals surface area contributed by atoms with Crippen LogP contribution in [-0.2, 0) is 28.6 Å². The number of unbranched alkanes of at least 4 members (excludes halogenated alkanes) is 48. The Labute approximate surface area is 505 Å². The van der Waals surface area contributed by atoms with E-state index in [0.29, 0.717) is 19.3 Å². The summed E-state index contributed by atoms with van der Waals surface area (Å²) in [4.78, 5) is 38.5.